The van der Waals surface area contributed by atoms with E-state index >= 15 is 0 Å². The number of rotatable bonds is 3. The van der Waals surface area contributed by atoms with Crippen LogP contribution in [0.1, 0.15) is 28.4 Å². The molecular weight excluding hydrogens is 284 g/mol. The van der Waals surface area contributed by atoms with Crippen LogP contribution < -0.4 is 0 Å². The molecule has 0 spiro atoms. The van der Waals surface area contributed by atoms with Crippen molar-refractivity contribution in [1.82, 2.24) is 0 Å². The molecule has 20 heavy (non-hydrogen) atoms. The Balaban J connectivity index is 2.05. The van der Waals surface area contributed by atoms with E-state index in [4.69, 9.17) is 0 Å². The predicted octanol–water partition coefficient (Wildman–Crippen LogP) is 4.57. The van der Waals surface area contributed by atoms with Crippen LogP contribution in [0.25, 0.3) is 0 Å². The molecule has 3 rings (SSSR count). The monoisotopic (exact) mass is 300 g/mol. The van der Waals surface area contributed by atoms with Gasteiger partial charge in [0.05, 0.1) is 0 Å². The van der Waals surface area contributed by atoms with E-state index in [9.17, 15) is 4.79 Å². The number of thioether (sulfide) groups is 2. The molecule has 1 saturated heterocycles. The van der Waals surface area contributed by atoms with Crippen molar-refractivity contribution in [1.29, 1.82) is 0 Å². The summed E-state index contributed by atoms with van der Waals surface area (Å²) in [6.45, 7) is 1.61. The first-order valence-corrected chi connectivity index (χ1v) is 8.64. The number of Topliss-reactive ketones (excluding diaryl/α,β-unsaturated/α-hetero) is 1. The zero-order valence-corrected chi connectivity index (χ0v) is 13.0. The average Bonchev–Trinajstić information content (AvgIpc) is 2.99. The summed E-state index contributed by atoms with van der Waals surface area (Å²) >= 11 is 3.98. The minimum absolute atomic E-state index is 0.0173. The summed E-state index contributed by atoms with van der Waals surface area (Å²) in [5.74, 6) is 2.44. The molecule has 0 bridgehead atoms. The summed E-state index contributed by atoms with van der Waals surface area (Å²) in [7, 11) is 0. The van der Waals surface area contributed by atoms with Gasteiger partial charge >= 0.3 is 0 Å². The van der Waals surface area contributed by atoms with E-state index in [1.54, 1.807) is 6.92 Å². The van der Waals surface area contributed by atoms with Crippen molar-refractivity contribution in [3.8, 4) is 0 Å². The summed E-state index contributed by atoms with van der Waals surface area (Å²) in [4.78, 5) is 11.4. The van der Waals surface area contributed by atoms with Gasteiger partial charge in [-0.3, -0.25) is 4.79 Å². The lowest BCUT2D eigenvalue weighted by Gasteiger charge is -2.28. The molecule has 1 nitrogen and oxygen atoms in total. The van der Waals surface area contributed by atoms with E-state index in [1.807, 2.05) is 35.7 Å². The van der Waals surface area contributed by atoms with Gasteiger partial charge in [-0.05, 0) is 18.1 Å². The third-order valence-corrected chi connectivity index (χ3v) is 7.06. The SMILES string of the molecule is CC(=O)c1ccc(C2(c3ccccc3)SCCS2)cc1. The normalized spacial score (nSPS) is 17.1. The van der Waals surface area contributed by atoms with Gasteiger partial charge in [-0.2, -0.15) is 0 Å². The summed E-state index contributed by atoms with van der Waals surface area (Å²) in [5.41, 5.74) is 3.40. The molecule has 0 aliphatic carbocycles. The van der Waals surface area contributed by atoms with Crippen LogP contribution in [0.3, 0.4) is 0 Å². The third-order valence-electron chi connectivity index (χ3n) is 3.52. The summed E-state index contributed by atoms with van der Waals surface area (Å²) in [6.07, 6.45) is 0. The van der Waals surface area contributed by atoms with Gasteiger partial charge in [0.2, 0.25) is 0 Å². The smallest absolute Gasteiger partial charge is 0.159 e. The van der Waals surface area contributed by atoms with E-state index in [1.165, 1.54) is 11.1 Å². The Morgan fingerprint density at radius 3 is 2.00 bits per heavy atom. The topological polar surface area (TPSA) is 17.1 Å². The standard InChI is InChI=1S/C17H16OS2/c1-13(18)14-7-9-16(10-8-14)17(19-11-12-20-17)15-5-3-2-4-6-15/h2-10H,11-12H2,1H3. The Kier molecular flexibility index (Phi) is 3.90. The van der Waals surface area contributed by atoms with Crippen LogP contribution in [-0.2, 0) is 4.08 Å². The second-order valence-electron chi connectivity index (χ2n) is 4.81. The highest BCUT2D eigenvalue weighted by molar-refractivity contribution is 8.20. The number of ketones is 1. The molecule has 1 aliphatic rings. The molecule has 0 atom stereocenters. The van der Waals surface area contributed by atoms with E-state index in [-0.39, 0.29) is 9.86 Å². The largest absolute Gasteiger partial charge is 0.295 e. The molecule has 1 aliphatic heterocycles. The zero-order chi connectivity index (χ0) is 14.0. The molecule has 0 unspecified atom stereocenters. The summed E-state index contributed by atoms with van der Waals surface area (Å²) in [5, 5.41) is 0. The summed E-state index contributed by atoms with van der Waals surface area (Å²) in [6, 6.07) is 18.8. The maximum absolute atomic E-state index is 11.4. The maximum Gasteiger partial charge on any atom is 0.159 e. The molecule has 0 radical (unpaired) electrons. The molecule has 0 N–H and O–H groups in total. The fraction of sp³-hybridized carbons (Fsp3) is 0.235. The lowest BCUT2D eigenvalue weighted by molar-refractivity contribution is 0.101. The molecule has 1 heterocycles. The van der Waals surface area contributed by atoms with Crippen molar-refractivity contribution >= 4 is 29.3 Å². The maximum atomic E-state index is 11.4. The van der Waals surface area contributed by atoms with Gasteiger partial charge in [0, 0.05) is 17.1 Å². The zero-order valence-electron chi connectivity index (χ0n) is 11.3. The van der Waals surface area contributed by atoms with Gasteiger partial charge in [0.25, 0.3) is 0 Å². The highest BCUT2D eigenvalue weighted by atomic mass is 32.2. The van der Waals surface area contributed by atoms with Gasteiger partial charge in [-0.15, -0.1) is 23.5 Å². The van der Waals surface area contributed by atoms with Crippen molar-refractivity contribution in [3.63, 3.8) is 0 Å². The fourth-order valence-corrected chi connectivity index (χ4v) is 5.78. The van der Waals surface area contributed by atoms with Gasteiger partial charge in [-0.25, -0.2) is 0 Å². The first kappa shape index (κ1) is 13.8. The number of hydrogen-bond donors (Lipinski definition) is 0. The van der Waals surface area contributed by atoms with E-state index in [2.05, 4.69) is 42.5 Å². The van der Waals surface area contributed by atoms with Crippen LogP contribution in [0.15, 0.2) is 54.6 Å². The highest BCUT2D eigenvalue weighted by Gasteiger charge is 2.39. The van der Waals surface area contributed by atoms with Crippen molar-refractivity contribution < 1.29 is 4.79 Å². The Bertz CT molecular complexity index is 599. The van der Waals surface area contributed by atoms with Gasteiger partial charge in [-0.1, -0.05) is 54.6 Å². The van der Waals surface area contributed by atoms with Crippen molar-refractivity contribution in [3.05, 3.63) is 71.3 Å². The Morgan fingerprint density at radius 1 is 0.900 bits per heavy atom. The van der Waals surface area contributed by atoms with Gasteiger partial charge in [0.1, 0.15) is 4.08 Å². The van der Waals surface area contributed by atoms with E-state index in [0.717, 1.165) is 17.1 Å². The quantitative estimate of drug-likeness (QED) is 0.773. The van der Waals surface area contributed by atoms with Gasteiger partial charge in [0.15, 0.2) is 5.78 Å². The number of carbonyl (C=O) groups excluding carboxylic acids is 1. The lowest BCUT2D eigenvalue weighted by Crippen LogP contribution is -2.16. The molecule has 3 heteroatoms. The second kappa shape index (κ2) is 5.66. The highest BCUT2D eigenvalue weighted by Crippen LogP contribution is 2.56. The Labute approximate surface area is 128 Å². The number of hydrogen-bond acceptors (Lipinski definition) is 3. The van der Waals surface area contributed by atoms with E-state index < -0.39 is 0 Å². The average molecular weight is 300 g/mol. The molecule has 0 amide bonds. The number of carbonyl (C=O) groups is 1. The van der Waals surface area contributed by atoms with Crippen LogP contribution in [0.4, 0.5) is 0 Å². The predicted molar refractivity (Wildman–Crippen MR) is 88.6 cm³/mol. The first-order chi connectivity index (χ1) is 9.72. The van der Waals surface area contributed by atoms with Crippen molar-refractivity contribution in [2.75, 3.05) is 11.5 Å². The summed E-state index contributed by atoms with van der Waals surface area (Å²) < 4.78 is -0.0173. The molecule has 2 aromatic rings. The number of benzene rings is 2. The molecular formula is C17H16OS2. The molecule has 102 valence electrons. The molecule has 0 saturated carbocycles. The minimum Gasteiger partial charge on any atom is -0.295 e. The van der Waals surface area contributed by atoms with Gasteiger partial charge < -0.3 is 0 Å². The van der Waals surface area contributed by atoms with Crippen LogP contribution >= 0.6 is 23.5 Å². The Hall–Kier alpha value is -1.19. The van der Waals surface area contributed by atoms with Crippen LogP contribution in [0.5, 0.6) is 0 Å². The first-order valence-electron chi connectivity index (χ1n) is 6.67. The molecule has 1 fully saturated rings. The van der Waals surface area contributed by atoms with Crippen molar-refractivity contribution in [2.24, 2.45) is 0 Å². The molecule has 2 aromatic carbocycles. The minimum atomic E-state index is -0.0173. The van der Waals surface area contributed by atoms with E-state index in [0.29, 0.717) is 0 Å². The van der Waals surface area contributed by atoms with Crippen LogP contribution in [0, 0.1) is 0 Å². The lowest BCUT2D eigenvalue weighted by atomic mass is 10.0. The van der Waals surface area contributed by atoms with Crippen LogP contribution in [-0.4, -0.2) is 17.3 Å². The van der Waals surface area contributed by atoms with Crippen LogP contribution in [0.2, 0.25) is 0 Å². The Morgan fingerprint density at radius 2 is 1.45 bits per heavy atom. The molecule has 0 aromatic heterocycles. The second-order valence-corrected chi connectivity index (χ2v) is 7.69. The van der Waals surface area contributed by atoms with Crippen molar-refractivity contribution in [2.45, 2.75) is 11.0 Å². The third kappa shape index (κ3) is 2.40. The fourth-order valence-electron chi connectivity index (χ4n) is 2.49.